The number of allylic oxidation sites excluding steroid dienone is 3. The molecular formula is C20H17F2N. The van der Waals surface area contributed by atoms with E-state index in [-0.39, 0.29) is 17.6 Å². The predicted molar refractivity (Wildman–Crippen MR) is 88.4 cm³/mol. The van der Waals surface area contributed by atoms with Crippen LogP contribution >= 0.6 is 0 Å². The minimum Gasteiger partial charge on any atom is -0.207 e. The molecule has 0 N–H and O–H groups in total. The molecule has 0 aliphatic heterocycles. The maximum atomic E-state index is 13.2. The van der Waals surface area contributed by atoms with Gasteiger partial charge in [-0.05, 0) is 58.5 Å². The normalized spacial score (nSPS) is 10.8. The molecule has 2 aromatic carbocycles. The Hall–Kier alpha value is -2.73. The maximum absolute atomic E-state index is 13.2. The Labute approximate surface area is 135 Å². The summed E-state index contributed by atoms with van der Waals surface area (Å²) < 4.78 is 26.5. The van der Waals surface area contributed by atoms with Crippen molar-refractivity contribution in [3.63, 3.8) is 0 Å². The van der Waals surface area contributed by atoms with Crippen molar-refractivity contribution in [1.29, 1.82) is 5.26 Å². The van der Waals surface area contributed by atoms with Crippen LogP contribution in [-0.4, -0.2) is 0 Å². The highest BCUT2D eigenvalue weighted by atomic mass is 19.1. The highest BCUT2D eigenvalue weighted by Crippen LogP contribution is 2.31. The van der Waals surface area contributed by atoms with Gasteiger partial charge in [0.15, 0.2) is 0 Å². The van der Waals surface area contributed by atoms with Gasteiger partial charge in [0.05, 0.1) is 6.07 Å². The fourth-order valence-corrected chi connectivity index (χ4v) is 2.42. The van der Waals surface area contributed by atoms with Gasteiger partial charge in [0.1, 0.15) is 11.6 Å². The zero-order valence-electron chi connectivity index (χ0n) is 13.1. The van der Waals surface area contributed by atoms with Crippen LogP contribution in [0.15, 0.2) is 66.3 Å². The van der Waals surface area contributed by atoms with Crippen molar-refractivity contribution in [1.82, 2.24) is 0 Å². The second kappa shape index (κ2) is 7.51. The quantitative estimate of drug-likeness (QED) is 0.540. The number of hydrogen-bond donors (Lipinski definition) is 0. The molecule has 0 bridgehead atoms. The molecule has 0 aliphatic rings. The summed E-state index contributed by atoms with van der Waals surface area (Å²) in [4.78, 5) is 0. The van der Waals surface area contributed by atoms with Crippen molar-refractivity contribution in [3.8, 4) is 6.07 Å². The van der Waals surface area contributed by atoms with Gasteiger partial charge in [0, 0.05) is 6.08 Å². The summed E-state index contributed by atoms with van der Waals surface area (Å²) in [5.74, 6) is -0.485. The third-order valence-electron chi connectivity index (χ3n) is 3.51. The lowest BCUT2D eigenvalue weighted by Gasteiger charge is -2.17. The van der Waals surface area contributed by atoms with Crippen molar-refractivity contribution < 1.29 is 8.78 Å². The second-order valence-corrected chi connectivity index (χ2v) is 5.46. The fourth-order valence-electron chi connectivity index (χ4n) is 2.42. The average molecular weight is 309 g/mol. The molecule has 3 heteroatoms. The first-order valence-corrected chi connectivity index (χ1v) is 7.35. The predicted octanol–water partition coefficient (Wildman–Crippen LogP) is 5.50. The van der Waals surface area contributed by atoms with Crippen molar-refractivity contribution in [2.24, 2.45) is 5.92 Å². The van der Waals surface area contributed by atoms with Crippen LogP contribution in [0, 0.1) is 28.9 Å². The van der Waals surface area contributed by atoms with E-state index in [0.717, 1.165) is 22.3 Å². The van der Waals surface area contributed by atoms with Crippen LogP contribution in [-0.2, 0) is 0 Å². The van der Waals surface area contributed by atoms with Crippen molar-refractivity contribution in [2.45, 2.75) is 13.8 Å². The summed E-state index contributed by atoms with van der Waals surface area (Å²) in [5, 5.41) is 8.83. The molecule has 23 heavy (non-hydrogen) atoms. The third kappa shape index (κ3) is 4.14. The van der Waals surface area contributed by atoms with E-state index in [1.165, 1.54) is 30.3 Å². The van der Waals surface area contributed by atoms with Crippen molar-refractivity contribution in [3.05, 3.63) is 89.0 Å². The summed E-state index contributed by atoms with van der Waals surface area (Å²) in [6, 6.07) is 14.3. The SMILES string of the molecule is CC(C)C(/C=C/C#N)=C(c1ccc(F)cc1)c1ccc(F)cc1. The van der Waals surface area contributed by atoms with Gasteiger partial charge >= 0.3 is 0 Å². The Balaban J connectivity index is 2.72. The fraction of sp³-hybridized carbons (Fsp3) is 0.150. The van der Waals surface area contributed by atoms with E-state index in [0.29, 0.717) is 0 Å². The molecule has 0 unspecified atom stereocenters. The molecule has 0 radical (unpaired) electrons. The smallest absolute Gasteiger partial charge is 0.123 e. The summed E-state index contributed by atoms with van der Waals surface area (Å²) in [6.45, 7) is 4.04. The minimum atomic E-state index is -0.314. The lowest BCUT2D eigenvalue weighted by molar-refractivity contribution is 0.627. The first kappa shape index (κ1) is 16.6. The molecule has 0 heterocycles. The van der Waals surface area contributed by atoms with Gasteiger partial charge in [-0.15, -0.1) is 0 Å². The van der Waals surface area contributed by atoms with Gasteiger partial charge in [-0.2, -0.15) is 5.26 Å². The van der Waals surface area contributed by atoms with E-state index in [9.17, 15) is 8.78 Å². The number of rotatable bonds is 4. The monoisotopic (exact) mass is 309 g/mol. The van der Waals surface area contributed by atoms with E-state index in [1.807, 2.05) is 19.9 Å². The minimum absolute atomic E-state index is 0.143. The van der Waals surface area contributed by atoms with Crippen LogP contribution < -0.4 is 0 Å². The molecule has 2 rings (SSSR count). The Morgan fingerprint density at radius 2 is 1.35 bits per heavy atom. The van der Waals surface area contributed by atoms with Crippen molar-refractivity contribution >= 4 is 5.57 Å². The van der Waals surface area contributed by atoms with Crippen LogP contribution in [0.1, 0.15) is 25.0 Å². The first-order valence-electron chi connectivity index (χ1n) is 7.35. The molecule has 0 saturated carbocycles. The van der Waals surface area contributed by atoms with Crippen LogP contribution in [0.3, 0.4) is 0 Å². The molecule has 0 saturated heterocycles. The largest absolute Gasteiger partial charge is 0.207 e. The molecule has 0 amide bonds. The molecule has 0 aliphatic carbocycles. The van der Waals surface area contributed by atoms with Gasteiger partial charge in [-0.1, -0.05) is 38.1 Å². The summed E-state index contributed by atoms with van der Waals surface area (Å²) >= 11 is 0. The average Bonchev–Trinajstić information content (AvgIpc) is 2.53. The van der Waals surface area contributed by atoms with Crippen LogP contribution in [0.5, 0.6) is 0 Å². The van der Waals surface area contributed by atoms with E-state index >= 15 is 0 Å². The zero-order chi connectivity index (χ0) is 16.8. The summed E-state index contributed by atoms with van der Waals surface area (Å²) in [7, 11) is 0. The van der Waals surface area contributed by atoms with Crippen LogP contribution in [0.25, 0.3) is 5.57 Å². The number of halogens is 2. The van der Waals surface area contributed by atoms with E-state index in [4.69, 9.17) is 5.26 Å². The Bertz CT molecular complexity index is 713. The lowest BCUT2D eigenvalue weighted by Crippen LogP contribution is -2.00. The molecular weight excluding hydrogens is 292 g/mol. The molecule has 116 valence electrons. The molecule has 0 spiro atoms. The highest BCUT2D eigenvalue weighted by Gasteiger charge is 2.13. The van der Waals surface area contributed by atoms with E-state index < -0.39 is 0 Å². The number of nitriles is 1. The molecule has 1 nitrogen and oxygen atoms in total. The van der Waals surface area contributed by atoms with Gasteiger partial charge in [-0.3, -0.25) is 0 Å². The second-order valence-electron chi connectivity index (χ2n) is 5.46. The van der Waals surface area contributed by atoms with Crippen LogP contribution in [0.4, 0.5) is 8.78 Å². The zero-order valence-corrected chi connectivity index (χ0v) is 13.1. The lowest BCUT2D eigenvalue weighted by atomic mass is 9.87. The van der Waals surface area contributed by atoms with Crippen molar-refractivity contribution in [2.75, 3.05) is 0 Å². The van der Waals surface area contributed by atoms with Gasteiger partial charge in [-0.25, -0.2) is 8.78 Å². The summed E-state index contributed by atoms with van der Waals surface area (Å²) in [5.41, 5.74) is 3.45. The Morgan fingerprint density at radius 1 is 0.913 bits per heavy atom. The van der Waals surface area contributed by atoms with Gasteiger partial charge < -0.3 is 0 Å². The summed E-state index contributed by atoms with van der Waals surface area (Å²) in [6.07, 6.45) is 3.18. The molecule has 0 aromatic heterocycles. The third-order valence-corrected chi connectivity index (χ3v) is 3.51. The number of benzene rings is 2. The topological polar surface area (TPSA) is 23.8 Å². The maximum Gasteiger partial charge on any atom is 0.123 e. The van der Waals surface area contributed by atoms with E-state index in [2.05, 4.69) is 0 Å². The molecule has 2 aromatic rings. The van der Waals surface area contributed by atoms with Gasteiger partial charge in [0.25, 0.3) is 0 Å². The van der Waals surface area contributed by atoms with Gasteiger partial charge in [0.2, 0.25) is 0 Å². The molecule has 0 fully saturated rings. The number of nitrogens with zero attached hydrogens (tertiary/aromatic N) is 1. The molecule has 0 atom stereocenters. The Kier molecular flexibility index (Phi) is 5.43. The first-order chi connectivity index (χ1) is 11.0. The van der Waals surface area contributed by atoms with Crippen LogP contribution in [0.2, 0.25) is 0 Å². The Morgan fingerprint density at radius 3 is 1.70 bits per heavy atom. The van der Waals surface area contributed by atoms with E-state index in [1.54, 1.807) is 30.3 Å². The highest BCUT2D eigenvalue weighted by molar-refractivity contribution is 5.83. The number of hydrogen-bond acceptors (Lipinski definition) is 1. The standard InChI is InChI=1S/C20H17F2N/c1-14(2)19(4-3-13-23)20(15-5-9-17(21)10-6-15)16-7-11-18(22)12-8-16/h3-12,14H,1-2H3/b4-3+.